The van der Waals surface area contributed by atoms with Crippen LogP contribution in [0.25, 0.3) is 11.1 Å². The van der Waals surface area contributed by atoms with Gasteiger partial charge in [-0.2, -0.15) is 13.2 Å². The lowest BCUT2D eigenvalue weighted by Crippen LogP contribution is -2.48. The molecule has 3 N–H and O–H groups in total. The van der Waals surface area contributed by atoms with Gasteiger partial charge in [-0.25, -0.2) is 0 Å². The molecule has 1 heterocycles. The maximum Gasteiger partial charge on any atom is 0.416 e. The van der Waals surface area contributed by atoms with Gasteiger partial charge in [0.2, 0.25) is 12.7 Å². The van der Waals surface area contributed by atoms with E-state index >= 15 is 0 Å². The fraction of sp³-hybridized carbons (Fsp3) is 0.200. The summed E-state index contributed by atoms with van der Waals surface area (Å²) in [5.41, 5.74) is 1.41. The highest BCUT2D eigenvalue weighted by Gasteiger charge is 2.30. The van der Waals surface area contributed by atoms with Crippen LogP contribution in [-0.4, -0.2) is 36.4 Å². The topological polar surface area (TPSA) is 96.9 Å². The van der Waals surface area contributed by atoms with Gasteiger partial charge in [0, 0.05) is 12.1 Å². The molecule has 0 saturated heterocycles. The first-order valence-electron chi connectivity index (χ1n) is 10.6. The molecule has 0 fully saturated rings. The summed E-state index contributed by atoms with van der Waals surface area (Å²) in [5.74, 6) is 0.0366. The molecule has 0 spiro atoms. The lowest BCUT2D eigenvalue weighted by molar-refractivity contribution is -0.137. The van der Waals surface area contributed by atoms with E-state index in [0.29, 0.717) is 22.6 Å². The highest BCUT2D eigenvalue weighted by atomic mass is 19.4. The van der Waals surface area contributed by atoms with Crippen molar-refractivity contribution >= 4 is 11.8 Å². The fourth-order valence-corrected chi connectivity index (χ4v) is 3.46. The second kappa shape index (κ2) is 10.1. The van der Waals surface area contributed by atoms with Gasteiger partial charge in [0.1, 0.15) is 6.04 Å². The van der Waals surface area contributed by atoms with E-state index in [1.807, 2.05) is 0 Å². The average Bonchev–Trinajstić information content (AvgIpc) is 3.33. The maximum atomic E-state index is 12.7. The van der Waals surface area contributed by atoms with Crippen molar-refractivity contribution in [2.75, 3.05) is 13.4 Å². The smallest absolute Gasteiger partial charge is 0.416 e. The molecule has 1 atom stereocenters. The third-order valence-corrected chi connectivity index (χ3v) is 5.40. The lowest BCUT2D eigenvalue weighted by Gasteiger charge is -2.16. The Bertz CT molecular complexity index is 1210. The number of benzene rings is 3. The number of amides is 2. The number of hydrogen-bond acceptors (Lipinski definition) is 5. The molecule has 35 heavy (non-hydrogen) atoms. The molecule has 7 nitrogen and oxygen atoms in total. The third kappa shape index (κ3) is 5.72. The van der Waals surface area contributed by atoms with Crippen LogP contribution in [-0.2, 0) is 17.5 Å². The standard InChI is InChI=1S/C25H21F3N2O5/c26-25(27,28)19-8-6-17(7-9-19)16-2-4-18(5-3-16)23(32)30-20(13-31)24(33)29-12-15-1-10-21-22(11-15)35-14-34-21/h1-11,20,31H,12-14H2,(H,29,33)(H,30,32). The molecule has 1 aliphatic heterocycles. The average molecular weight is 486 g/mol. The first-order chi connectivity index (χ1) is 16.7. The van der Waals surface area contributed by atoms with E-state index in [9.17, 15) is 27.9 Å². The largest absolute Gasteiger partial charge is 0.454 e. The van der Waals surface area contributed by atoms with Crippen LogP contribution in [0.1, 0.15) is 21.5 Å². The SMILES string of the molecule is O=C(NC(CO)C(=O)NCc1ccc2c(c1)OCO2)c1ccc(-c2ccc(C(F)(F)F)cc2)cc1. The number of hydrogen-bond donors (Lipinski definition) is 3. The summed E-state index contributed by atoms with van der Waals surface area (Å²) < 4.78 is 48.7. The van der Waals surface area contributed by atoms with Crippen molar-refractivity contribution in [2.24, 2.45) is 0 Å². The lowest BCUT2D eigenvalue weighted by atomic mass is 10.0. The van der Waals surface area contributed by atoms with Crippen molar-refractivity contribution in [1.29, 1.82) is 0 Å². The Kier molecular flexibility index (Phi) is 6.92. The van der Waals surface area contributed by atoms with E-state index < -0.39 is 36.2 Å². The highest BCUT2D eigenvalue weighted by molar-refractivity contribution is 5.98. The summed E-state index contributed by atoms with van der Waals surface area (Å²) in [5, 5.41) is 14.7. The maximum absolute atomic E-state index is 12.7. The van der Waals surface area contributed by atoms with Crippen molar-refractivity contribution in [3.63, 3.8) is 0 Å². The minimum absolute atomic E-state index is 0.134. The number of carbonyl (C=O) groups excluding carboxylic acids is 2. The van der Waals surface area contributed by atoms with Gasteiger partial charge in [0.05, 0.1) is 12.2 Å². The van der Waals surface area contributed by atoms with Crippen LogP contribution in [0.2, 0.25) is 0 Å². The summed E-state index contributed by atoms with van der Waals surface area (Å²) in [6.07, 6.45) is -4.42. The summed E-state index contributed by atoms with van der Waals surface area (Å²) in [4.78, 5) is 25.0. The summed E-state index contributed by atoms with van der Waals surface area (Å²) in [6, 6.07) is 14.9. The highest BCUT2D eigenvalue weighted by Crippen LogP contribution is 2.32. The van der Waals surface area contributed by atoms with Gasteiger partial charge < -0.3 is 25.2 Å². The zero-order valence-corrected chi connectivity index (χ0v) is 18.3. The molecule has 0 aliphatic carbocycles. The zero-order valence-electron chi connectivity index (χ0n) is 18.3. The van der Waals surface area contributed by atoms with Gasteiger partial charge in [-0.3, -0.25) is 9.59 Å². The first kappa shape index (κ1) is 24.1. The van der Waals surface area contributed by atoms with Gasteiger partial charge in [-0.1, -0.05) is 30.3 Å². The van der Waals surface area contributed by atoms with Crippen molar-refractivity contribution in [3.8, 4) is 22.6 Å². The number of halogens is 3. The molecule has 3 aromatic rings. The minimum atomic E-state index is -4.42. The van der Waals surface area contributed by atoms with Gasteiger partial charge in [0.25, 0.3) is 5.91 Å². The monoisotopic (exact) mass is 486 g/mol. The van der Waals surface area contributed by atoms with Crippen molar-refractivity contribution < 1.29 is 37.3 Å². The summed E-state index contributed by atoms with van der Waals surface area (Å²) in [7, 11) is 0. The number of fused-ring (bicyclic) bond motifs is 1. The minimum Gasteiger partial charge on any atom is -0.454 e. The number of rotatable bonds is 7. The molecule has 0 aromatic heterocycles. The molecule has 4 rings (SSSR count). The molecular weight excluding hydrogens is 465 g/mol. The third-order valence-electron chi connectivity index (χ3n) is 5.40. The van der Waals surface area contributed by atoms with Gasteiger partial charge in [-0.15, -0.1) is 0 Å². The van der Waals surface area contributed by atoms with Crippen LogP contribution in [0.15, 0.2) is 66.7 Å². The number of ether oxygens (including phenoxy) is 2. The Balaban J connectivity index is 1.34. The quantitative estimate of drug-likeness (QED) is 0.475. The normalized spacial score (nSPS) is 13.3. The molecule has 2 amide bonds. The zero-order chi connectivity index (χ0) is 25.0. The molecule has 1 aliphatic rings. The molecule has 1 unspecified atom stereocenters. The Hall–Kier alpha value is -4.05. The van der Waals surface area contributed by atoms with Gasteiger partial charge in [0.15, 0.2) is 11.5 Å². The molecule has 3 aromatic carbocycles. The predicted octanol–water partition coefficient (Wildman–Crippen LogP) is 3.51. The second-order valence-electron chi connectivity index (χ2n) is 7.77. The van der Waals surface area contributed by atoms with E-state index in [-0.39, 0.29) is 18.9 Å². The Morgan fingerprint density at radius 2 is 1.54 bits per heavy atom. The molecule has 0 bridgehead atoms. The number of alkyl halides is 3. The second-order valence-corrected chi connectivity index (χ2v) is 7.77. The summed E-state index contributed by atoms with van der Waals surface area (Å²) in [6.45, 7) is -0.318. The Morgan fingerprint density at radius 1 is 0.914 bits per heavy atom. The molecule has 0 radical (unpaired) electrons. The molecule has 0 saturated carbocycles. The van der Waals surface area contributed by atoms with Gasteiger partial charge in [-0.05, 0) is 53.1 Å². The first-order valence-corrected chi connectivity index (χ1v) is 10.6. The fourth-order valence-electron chi connectivity index (χ4n) is 3.46. The van der Waals surface area contributed by atoms with Crippen molar-refractivity contribution in [1.82, 2.24) is 10.6 Å². The van der Waals surface area contributed by atoms with Crippen molar-refractivity contribution in [3.05, 3.63) is 83.4 Å². The van der Waals surface area contributed by atoms with Crippen LogP contribution in [0, 0.1) is 0 Å². The number of aliphatic hydroxyl groups is 1. The Morgan fingerprint density at radius 3 is 2.17 bits per heavy atom. The number of carbonyl (C=O) groups is 2. The van der Waals surface area contributed by atoms with Crippen LogP contribution in [0.5, 0.6) is 11.5 Å². The van der Waals surface area contributed by atoms with E-state index in [2.05, 4.69) is 10.6 Å². The molecule has 182 valence electrons. The number of nitrogens with one attached hydrogen (secondary N) is 2. The number of aliphatic hydroxyl groups excluding tert-OH is 1. The summed E-state index contributed by atoms with van der Waals surface area (Å²) >= 11 is 0. The van der Waals surface area contributed by atoms with E-state index in [1.165, 1.54) is 24.3 Å². The molecular formula is C25H21F3N2O5. The van der Waals surface area contributed by atoms with Crippen LogP contribution >= 0.6 is 0 Å². The van der Waals surface area contributed by atoms with Crippen LogP contribution < -0.4 is 20.1 Å². The van der Waals surface area contributed by atoms with E-state index in [0.717, 1.165) is 17.7 Å². The van der Waals surface area contributed by atoms with E-state index in [1.54, 1.807) is 30.3 Å². The predicted molar refractivity (Wildman–Crippen MR) is 120 cm³/mol. The molecule has 10 heteroatoms. The van der Waals surface area contributed by atoms with Gasteiger partial charge >= 0.3 is 6.18 Å². The van der Waals surface area contributed by atoms with Crippen LogP contribution in [0.3, 0.4) is 0 Å². The van der Waals surface area contributed by atoms with Crippen LogP contribution in [0.4, 0.5) is 13.2 Å². The van der Waals surface area contributed by atoms with Crippen molar-refractivity contribution in [2.45, 2.75) is 18.8 Å². The van der Waals surface area contributed by atoms with E-state index in [4.69, 9.17) is 9.47 Å². The Labute approximate surface area is 198 Å².